The first-order chi connectivity index (χ1) is 17.4. The molecule has 1 aliphatic heterocycles. The maximum absolute atomic E-state index is 11.3. The van der Waals surface area contributed by atoms with Crippen LogP contribution >= 0.6 is 0 Å². The van der Waals surface area contributed by atoms with Gasteiger partial charge in [0.05, 0.1) is 6.57 Å². The second kappa shape index (κ2) is 13.0. The van der Waals surface area contributed by atoms with Gasteiger partial charge in [-0.15, -0.1) is 0 Å². The van der Waals surface area contributed by atoms with Crippen LogP contribution in [-0.2, 0) is 9.53 Å². The summed E-state index contributed by atoms with van der Waals surface area (Å²) in [7, 11) is 0. The number of hydrogen-bond donors (Lipinski definition) is 1. The van der Waals surface area contributed by atoms with E-state index in [-0.39, 0.29) is 5.70 Å². The van der Waals surface area contributed by atoms with Gasteiger partial charge in [0.25, 0.3) is 5.70 Å². The highest BCUT2D eigenvalue weighted by atomic mass is 16.5. The smallest absolute Gasteiger partial charge is 0.334 e. The normalized spacial score (nSPS) is 14.7. The van der Waals surface area contributed by atoms with Crippen LogP contribution in [0.3, 0.4) is 0 Å². The summed E-state index contributed by atoms with van der Waals surface area (Å²) >= 11 is 0. The van der Waals surface area contributed by atoms with E-state index in [1.54, 1.807) is 25.2 Å². The van der Waals surface area contributed by atoms with Crippen LogP contribution in [0.5, 0.6) is 0 Å². The van der Waals surface area contributed by atoms with Crippen LogP contribution < -0.4 is 4.90 Å². The fraction of sp³-hybridized carbons (Fsp3) is 0.226. The number of carboxylic acid groups (broad SMARTS) is 1. The Morgan fingerprint density at radius 2 is 1.39 bits per heavy atom. The van der Waals surface area contributed by atoms with Gasteiger partial charge < -0.3 is 14.7 Å². The molecule has 0 saturated heterocycles. The van der Waals surface area contributed by atoms with Crippen LogP contribution in [0, 0.1) is 6.57 Å². The first-order valence-electron chi connectivity index (χ1n) is 12.2. The number of hydrogen-bond acceptors (Lipinski definition) is 3. The van der Waals surface area contributed by atoms with E-state index in [1.165, 1.54) is 5.69 Å². The van der Waals surface area contributed by atoms with Gasteiger partial charge in [-0.1, -0.05) is 68.5 Å². The Morgan fingerprint density at radius 1 is 0.889 bits per heavy atom. The van der Waals surface area contributed by atoms with Crippen molar-refractivity contribution in [2.24, 2.45) is 0 Å². The molecule has 0 bridgehead atoms. The first-order valence-corrected chi connectivity index (χ1v) is 12.2. The lowest BCUT2D eigenvalue weighted by molar-refractivity contribution is -0.132. The third kappa shape index (κ3) is 7.35. The molecule has 36 heavy (non-hydrogen) atoms. The van der Waals surface area contributed by atoms with Crippen LogP contribution in [0.15, 0.2) is 89.5 Å². The van der Waals surface area contributed by atoms with Gasteiger partial charge in [-0.3, -0.25) is 4.79 Å². The van der Waals surface area contributed by atoms with E-state index < -0.39 is 5.97 Å². The van der Waals surface area contributed by atoms with Gasteiger partial charge in [-0.25, -0.2) is 4.85 Å². The van der Waals surface area contributed by atoms with Gasteiger partial charge in [-0.05, 0) is 72.4 Å². The highest BCUT2D eigenvalue weighted by molar-refractivity contribution is 5.91. The topological polar surface area (TPSA) is 54.1 Å². The molecule has 0 aliphatic carbocycles. The molecule has 0 amide bonds. The average molecular weight is 481 g/mol. The van der Waals surface area contributed by atoms with Gasteiger partial charge in [-0.2, -0.15) is 0 Å². The molecule has 0 aromatic heterocycles. The minimum Gasteiger partial charge on any atom is -0.486 e. The summed E-state index contributed by atoms with van der Waals surface area (Å²) in [6.45, 7) is 15.4. The molecule has 2 aromatic carbocycles. The Kier molecular flexibility index (Phi) is 9.48. The maximum Gasteiger partial charge on any atom is 0.334 e. The Labute approximate surface area is 213 Å². The Hall–Kier alpha value is -4.30. The number of ether oxygens (including phenoxy) is 1. The third-order valence-corrected chi connectivity index (χ3v) is 5.61. The summed E-state index contributed by atoms with van der Waals surface area (Å²) in [4.78, 5) is 16.8. The van der Waals surface area contributed by atoms with Crippen molar-refractivity contribution in [1.82, 2.24) is 0 Å². The van der Waals surface area contributed by atoms with E-state index in [9.17, 15) is 9.90 Å². The van der Waals surface area contributed by atoms with Crippen molar-refractivity contribution in [1.29, 1.82) is 0 Å². The molecule has 0 unspecified atom stereocenters. The summed E-state index contributed by atoms with van der Waals surface area (Å²) in [6, 6.07) is 16.8. The molecule has 1 N–H and O–H groups in total. The maximum atomic E-state index is 11.3. The van der Waals surface area contributed by atoms with E-state index in [4.69, 9.17) is 11.3 Å². The van der Waals surface area contributed by atoms with Crippen molar-refractivity contribution in [2.75, 3.05) is 18.0 Å². The molecule has 5 nitrogen and oxygen atoms in total. The zero-order valence-electron chi connectivity index (χ0n) is 21.1. The quantitative estimate of drug-likeness (QED) is 0.216. The number of rotatable bonds is 10. The number of carboxylic acids is 1. The molecular weight excluding hydrogens is 448 g/mol. The third-order valence-electron chi connectivity index (χ3n) is 5.61. The molecule has 2 aromatic rings. The molecule has 0 spiro atoms. The Balaban J connectivity index is 1.67. The van der Waals surface area contributed by atoms with Gasteiger partial charge in [0.15, 0.2) is 0 Å². The largest absolute Gasteiger partial charge is 0.486 e. The summed E-state index contributed by atoms with van der Waals surface area (Å²) in [5.41, 5.74) is 4.51. The van der Waals surface area contributed by atoms with E-state index >= 15 is 0 Å². The molecule has 0 fully saturated rings. The molecule has 0 radical (unpaired) electrons. The van der Waals surface area contributed by atoms with E-state index in [0.717, 1.165) is 42.6 Å². The first kappa shape index (κ1) is 26.3. The van der Waals surface area contributed by atoms with Gasteiger partial charge in [0.2, 0.25) is 0 Å². The SMILES string of the molecule is [C-]#[N+]/C(C(=O)O)=C1/C=C(C)OC(/C=C/c2ccc(/C=C/c3ccc(N(CCC)CCC)cc3)cc2)=C1. The second-order valence-corrected chi connectivity index (χ2v) is 8.54. The molecule has 1 heterocycles. The molecule has 0 atom stereocenters. The monoisotopic (exact) mass is 480 g/mol. The van der Waals surface area contributed by atoms with Crippen LogP contribution in [0.1, 0.15) is 50.3 Å². The van der Waals surface area contributed by atoms with Crippen molar-refractivity contribution in [2.45, 2.75) is 33.6 Å². The van der Waals surface area contributed by atoms with E-state index in [1.807, 2.05) is 30.3 Å². The molecule has 3 rings (SSSR count). The predicted octanol–water partition coefficient (Wildman–Crippen LogP) is 7.57. The van der Waals surface area contributed by atoms with Crippen LogP contribution in [0.2, 0.25) is 0 Å². The Morgan fingerprint density at radius 3 is 1.86 bits per heavy atom. The van der Waals surface area contributed by atoms with Gasteiger partial charge in [0.1, 0.15) is 11.5 Å². The highest BCUT2D eigenvalue weighted by Crippen LogP contribution is 2.24. The fourth-order valence-electron chi connectivity index (χ4n) is 3.91. The number of nitrogens with zero attached hydrogens (tertiary/aromatic N) is 2. The molecule has 1 aliphatic rings. The fourth-order valence-corrected chi connectivity index (χ4v) is 3.91. The van der Waals surface area contributed by atoms with Crippen molar-refractivity contribution in [3.63, 3.8) is 0 Å². The minimum atomic E-state index is -1.25. The van der Waals surface area contributed by atoms with Crippen molar-refractivity contribution < 1.29 is 14.6 Å². The lowest BCUT2D eigenvalue weighted by atomic mass is 10.1. The number of aliphatic carboxylic acids is 1. The lowest BCUT2D eigenvalue weighted by Gasteiger charge is -2.23. The van der Waals surface area contributed by atoms with Crippen LogP contribution in [-0.4, -0.2) is 24.2 Å². The van der Waals surface area contributed by atoms with Crippen molar-refractivity contribution in [3.8, 4) is 0 Å². The highest BCUT2D eigenvalue weighted by Gasteiger charge is 2.16. The zero-order chi connectivity index (χ0) is 25.9. The molecule has 5 heteroatoms. The molecular formula is C31H32N2O3. The minimum absolute atomic E-state index is 0.325. The second-order valence-electron chi connectivity index (χ2n) is 8.54. The van der Waals surface area contributed by atoms with Crippen LogP contribution in [0.25, 0.3) is 23.1 Å². The Bertz CT molecular complexity index is 1250. The van der Waals surface area contributed by atoms with Gasteiger partial charge >= 0.3 is 5.97 Å². The van der Waals surface area contributed by atoms with Crippen molar-refractivity contribution in [3.05, 3.63) is 118 Å². The zero-order valence-corrected chi connectivity index (χ0v) is 21.1. The summed E-state index contributed by atoms with van der Waals surface area (Å²) in [5.74, 6) is -0.233. The van der Waals surface area contributed by atoms with Crippen molar-refractivity contribution >= 4 is 29.9 Å². The number of carbonyl (C=O) groups is 1. The standard InChI is InChI=1S/C31H32N2O3/c1-5-19-33(20-6-2)28-16-13-26(14-17-28)12-9-24-7-10-25(11-8-24)15-18-29-22-27(21-23(3)36-29)30(32-4)31(34)35/h7-18,21-22H,5-6,19-20H2,1-3H3,(H,34,35)/b12-9+,18-15+,30-27-. The lowest BCUT2D eigenvalue weighted by Crippen LogP contribution is -2.24. The van der Waals surface area contributed by atoms with Gasteiger partial charge in [0, 0.05) is 18.8 Å². The van der Waals surface area contributed by atoms with E-state index in [2.05, 4.69) is 60.0 Å². The summed E-state index contributed by atoms with van der Waals surface area (Å²) in [6.07, 6.45) is 13.3. The number of allylic oxidation sites excluding steroid dienone is 5. The predicted molar refractivity (Wildman–Crippen MR) is 148 cm³/mol. The molecule has 0 saturated carbocycles. The summed E-state index contributed by atoms with van der Waals surface area (Å²) in [5, 5.41) is 9.23. The van der Waals surface area contributed by atoms with E-state index in [0.29, 0.717) is 17.1 Å². The van der Waals surface area contributed by atoms with Crippen LogP contribution in [0.4, 0.5) is 5.69 Å². The summed E-state index contributed by atoms with van der Waals surface area (Å²) < 4.78 is 5.67. The average Bonchev–Trinajstić information content (AvgIpc) is 2.87. The number of benzene rings is 2. The molecule has 184 valence electrons. The number of anilines is 1.